The molecular formula is C14H25N5O. The van der Waals surface area contributed by atoms with Gasteiger partial charge in [-0.1, -0.05) is 6.07 Å². The van der Waals surface area contributed by atoms with Crippen LogP contribution in [0.1, 0.15) is 19.0 Å². The van der Waals surface area contributed by atoms with Crippen molar-refractivity contribution in [3.05, 3.63) is 30.1 Å². The van der Waals surface area contributed by atoms with Crippen LogP contribution in [0.25, 0.3) is 0 Å². The first-order valence-electron chi connectivity index (χ1n) is 6.97. The summed E-state index contributed by atoms with van der Waals surface area (Å²) in [5, 5.41) is 0. The molecule has 0 saturated heterocycles. The highest BCUT2D eigenvalue weighted by Crippen LogP contribution is 1.97. The lowest BCUT2D eigenvalue weighted by Gasteiger charge is -2.20. The number of hydrogen-bond acceptors (Lipinski definition) is 4. The molecule has 112 valence electrons. The predicted octanol–water partition coefficient (Wildman–Crippen LogP) is 0.802. The van der Waals surface area contributed by atoms with Crippen molar-refractivity contribution in [1.29, 1.82) is 0 Å². The molecule has 20 heavy (non-hydrogen) atoms. The lowest BCUT2D eigenvalue weighted by molar-refractivity contribution is 0.146. The number of ether oxygens (including phenoxy) is 1. The van der Waals surface area contributed by atoms with Gasteiger partial charge in [0.05, 0.1) is 0 Å². The summed E-state index contributed by atoms with van der Waals surface area (Å²) in [6.45, 7) is 4.98. The number of aliphatic imine (C=N–C) groups is 1. The molecule has 6 heteroatoms. The molecule has 0 radical (unpaired) electrons. The van der Waals surface area contributed by atoms with Crippen LogP contribution in [0.4, 0.5) is 0 Å². The van der Waals surface area contributed by atoms with Crippen LogP contribution in [0.3, 0.4) is 0 Å². The van der Waals surface area contributed by atoms with E-state index >= 15 is 0 Å². The Morgan fingerprint density at radius 1 is 1.50 bits per heavy atom. The molecule has 6 nitrogen and oxygen atoms in total. The van der Waals surface area contributed by atoms with Crippen molar-refractivity contribution in [3.63, 3.8) is 0 Å². The quantitative estimate of drug-likeness (QED) is 0.242. The Hall–Kier alpha value is -1.66. The largest absolute Gasteiger partial charge is 0.382 e. The van der Waals surface area contributed by atoms with Gasteiger partial charge in [0.1, 0.15) is 0 Å². The zero-order chi connectivity index (χ0) is 14.6. The Balaban J connectivity index is 2.34. The van der Waals surface area contributed by atoms with E-state index in [0.29, 0.717) is 12.5 Å². The predicted molar refractivity (Wildman–Crippen MR) is 81.3 cm³/mol. The van der Waals surface area contributed by atoms with E-state index < -0.39 is 0 Å². The molecule has 0 spiro atoms. The van der Waals surface area contributed by atoms with E-state index in [1.165, 1.54) is 0 Å². The molecule has 0 aliphatic carbocycles. The summed E-state index contributed by atoms with van der Waals surface area (Å²) < 4.78 is 5.27. The molecule has 1 rings (SSSR count). The van der Waals surface area contributed by atoms with Crippen LogP contribution in [0.5, 0.6) is 0 Å². The summed E-state index contributed by atoms with van der Waals surface area (Å²) in [4.78, 5) is 10.7. The Morgan fingerprint density at radius 2 is 2.35 bits per heavy atom. The van der Waals surface area contributed by atoms with Gasteiger partial charge in [0.25, 0.3) is 0 Å². The van der Waals surface area contributed by atoms with Crippen molar-refractivity contribution in [2.75, 3.05) is 33.4 Å². The minimum Gasteiger partial charge on any atom is -0.382 e. The molecule has 1 aromatic heterocycles. The number of hydrazine groups is 1. The van der Waals surface area contributed by atoms with Crippen molar-refractivity contribution in [2.24, 2.45) is 10.8 Å². The minimum absolute atomic E-state index is 0.692. The van der Waals surface area contributed by atoms with Crippen LogP contribution in [-0.2, 0) is 11.2 Å². The van der Waals surface area contributed by atoms with E-state index in [1.807, 2.05) is 37.1 Å². The van der Waals surface area contributed by atoms with E-state index in [0.717, 1.165) is 38.3 Å². The molecule has 0 atom stereocenters. The fraction of sp³-hybridized carbons (Fsp3) is 0.571. The van der Waals surface area contributed by atoms with Gasteiger partial charge < -0.3 is 9.64 Å². The Morgan fingerprint density at radius 3 is 3.00 bits per heavy atom. The molecule has 0 aliphatic heterocycles. The number of aromatic nitrogens is 1. The lowest BCUT2D eigenvalue weighted by atomic mass is 10.2. The first kappa shape index (κ1) is 16.4. The van der Waals surface area contributed by atoms with Crippen LogP contribution in [0.15, 0.2) is 29.4 Å². The summed E-state index contributed by atoms with van der Waals surface area (Å²) >= 11 is 0. The Bertz CT molecular complexity index is 382. The molecule has 1 heterocycles. The van der Waals surface area contributed by atoms with Gasteiger partial charge in [-0.3, -0.25) is 15.4 Å². The number of rotatable bonds is 8. The maximum Gasteiger partial charge on any atom is 0.208 e. The minimum atomic E-state index is 0.692. The summed E-state index contributed by atoms with van der Waals surface area (Å²) in [7, 11) is 1.96. The third-order valence-electron chi connectivity index (χ3n) is 2.83. The van der Waals surface area contributed by atoms with E-state index in [4.69, 9.17) is 10.6 Å². The number of hydrogen-bond donors (Lipinski definition) is 2. The standard InChI is InChI=1S/C14H25N5O/c1-3-20-12-6-10-17-14(18-15)19(2)11-8-13-7-4-5-9-16-13/h4-5,7,9H,3,6,8,10-12,15H2,1-2H3,(H,17,18). The first-order chi connectivity index (χ1) is 9.77. The molecule has 0 aromatic carbocycles. The van der Waals surface area contributed by atoms with Crippen molar-refractivity contribution in [2.45, 2.75) is 19.8 Å². The molecule has 0 saturated carbocycles. The summed E-state index contributed by atoms with van der Waals surface area (Å²) in [5.41, 5.74) is 3.71. The topological polar surface area (TPSA) is 75.8 Å². The van der Waals surface area contributed by atoms with E-state index in [-0.39, 0.29) is 0 Å². The fourth-order valence-corrected chi connectivity index (χ4v) is 1.71. The third-order valence-corrected chi connectivity index (χ3v) is 2.83. The van der Waals surface area contributed by atoms with Gasteiger partial charge in [-0.25, -0.2) is 5.84 Å². The molecule has 1 aromatic rings. The van der Waals surface area contributed by atoms with Gasteiger partial charge in [-0.15, -0.1) is 0 Å². The van der Waals surface area contributed by atoms with Gasteiger partial charge in [0.2, 0.25) is 5.96 Å². The number of nitrogens with zero attached hydrogens (tertiary/aromatic N) is 3. The zero-order valence-corrected chi connectivity index (χ0v) is 12.4. The maximum atomic E-state index is 5.51. The highest BCUT2D eigenvalue weighted by Gasteiger charge is 2.05. The molecule has 0 amide bonds. The van der Waals surface area contributed by atoms with Gasteiger partial charge in [-0.2, -0.15) is 0 Å². The van der Waals surface area contributed by atoms with Crippen molar-refractivity contribution >= 4 is 5.96 Å². The second kappa shape index (κ2) is 10.2. The highest BCUT2D eigenvalue weighted by molar-refractivity contribution is 5.79. The van der Waals surface area contributed by atoms with Crippen molar-refractivity contribution < 1.29 is 4.74 Å². The monoisotopic (exact) mass is 279 g/mol. The Labute approximate surface area is 121 Å². The number of nitrogens with one attached hydrogen (secondary N) is 1. The van der Waals surface area contributed by atoms with E-state index in [9.17, 15) is 0 Å². The second-order valence-electron chi connectivity index (χ2n) is 4.39. The van der Waals surface area contributed by atoms with Crippen molar-refractivity contribution in [1.82, 2.24) is 15.3 Å². The third kappa shape index (κ3) is 6.49. The summed E-state index contributed by atoms with van der Waals surface area (Å²) in [6, 6.07) is 5.93. The van der Waals surface area contributed by atoms with Gasteiger partial charge >= 0.3 is 0 Å². The van der Waals surface area contributed by atoms with Crippen LogP contribution in [0.2, 0.25) is 0 Å². The SMILES string of the molecule is CCOCCCN=C(NN)N(C)CCc1ccccn1. The first-order valence-corrected chi connectivity index (χ1v) is 6.97. The maximum absolute atomic E-state index is 5.51. The van der Waals surface area contributed by atoms with Crippen LogP contribution < -0.4 is 11.3 Å². The second-order valence-corrected chi connectivity index (χ2v) is 4.39. The number of likely N-dealkylation sites (N-methyl/N-ethyl adjacent to an activating group) is 1. The molecule has 0 aliphatic rings. The zero-order valence-electron chi connectivity index (χ0n) is 12.4. The molecular weight excluding hydrogens is 254 g/mol. The van der Waals surface area contributed by atoms with E-state index in [2.05, 4.69) is 15.4 Å². The highest BCUT2D eigenvalue weighted by atomic mass is 16.5. The molecule has 0 bridgehead atoms. The lowest BCUT2D eigenvalue weighted by Crippen LogP contribution is -2.43. The average Bonchev–Trinajstić information content (AvgIpc) is 2.49. The number of nitrogens with two attached hydrogens (primary N) is 1. The summed E-state index contributed by atoms with van der Waals surface area (Å²) in [6.07, 6.45) is 3.56. The number of pyridine rings is 1. The van der Waals surface area contributed by atoms with Gasteiger partial charge in [0, 0.05) is 51.7 Å². The van der Waals surface area contributed by atoms with Gasteiger partial charge in [0.15, 0.2) is 0 Å². The van der Waals surface area contributed by atoms with Gasteiger partial charge in [-0.05, 0) is 25.5 Å². The average molecular weight is 279 g/mol. The van der Waals surface area contributed by atoms with Crippen LogP contribution in [-0.4, -0.2) is 49.2 Å². The van der Waals surface area contributed by atoms with Crippen molar-refractivity contribution in [3.8, 4) is 0 Å². The molecule has 0 fully saturated rings. The molecule has 3 N–H and O–H groups in total. The summed E-state index contributed by atoms with van der Waals surface area (Å²) in [5.74, 6) is 6.21. The Kier molecular flexibility index (Phi) is 8.33. The fourth-order valence-electron chi connectivity index (χ4n) is 1.71. The van der Waals surface area contributed by atoms with E-state index in [1.54, 1.807) is 6.20 Å². The number of guanidine groups is 1. The normalized spacial score (nSPS) is 11.4. The molecule has 0 unspecified atom stereocenters. The van der Waals surface area contributed by atoms with Crippen LogP contribution in [0, 0.1) is 0 Å². The van der Waals surface area contributed by atoms with Crippen LogP contribution >= 0.6 is 0 Å². The smallest absolute Gasteiger partial charge is 0.208 e.